The van der Waals surface area contributed by atoms with E-state index in [4.69, 9.17) is 25.8 Å². The van der Waals surface area contributed by atoms with Gasteiger partial charge in [-0.25, -0.2) is 10.2 Å². The van der Waals surface area contributed by atoms with Crippen molar-refractivity contribution in [2.75, 3.05) is 13.7 Å². The maximum atomic E-state index is 12.3. The summed E-state index contributed by atoms with van der Waals surface area (Å²) in [5, 5.41) is 15.3. The van der Waals surface area contributed by atoms with Crippen molar-refractivity contribution in [3.05, 3.63) is 93.0 Å². The molecular formula is C23H18ClN3O7. The number of hydrazone groups is 1. The molecule has 0 aliphatic heterocycles. The summed E-state index contributed by atoms with van der Waals surface area (Å²) in [6.45, 7) is -0.467. The van der Waals surface area contributed by atoms with Crippen LogP contribution in [0.2, 0.25) is 5.02 Å². The van der Waals surface area contributed by atoms with Gasteiger partial charge in [0, 0.05) is 11.1 Å². The number of rotatable bonds is 9. The molecule has 3 rings (SSSR count). The van der Waals surface area contributed by atoms with Gasteiger partial charge in [-0.15, -0.1) is 0 Å². The number of esters is 1. The highest BCUT2D eigenvalue weighted by molar-refractivity contribution is 6.30. The molecule has 0 aliphatic rings. The van der Waals surface area contributed by atoms with E-state index in [0.717, 1.165) is 0 Å². The molecule has 0 heterocycles. The summed E-state index contributed by atoms with van der Waals surface area (Å²) in [6.07, 6.45) is 1.34. The van der Waals surface area contributed by atoms with Crippen molar-refractivity contribution in [2.24, 2.45) is 5.10 Å². The second-order valence-electron chi connectivity index (χ2n) is 6.61. The van der Waals surface area contributed by atoms with Crippen LogP contribution in [-0.4, -0.2) is 36.7 Å². The van der Waals surface area contributed by atoms with Gasteiger partial charge in [0.2, 0.25) is 0 Å². The first-order chi connectivity index (χ1) is 16.4. The van der Waals surface area contributed by atoms with E-state index >= 15 is 0 Å². The third kappa shape index (κ3) is 6.53. The van der Waals surface area contributed by atoms with Gasteiger partial charge in [0.05, 0.1) is 23.8 Å². The highest BCUT2D eigenvalue weighted by Crippen LogP contribution is 2.28. The monoisotopic (exact) mass is 483 g/mol. The lowest BCUT2D eigenvalue weighted by Crippen LogP contribution is -2.24. The van der Waals surface area contributed by atoms with Crippen LogP contribution in [0.3, 0.4) is 0 Å². The highest BCUT2D eigenvalue weighted by atomic mass is 35.5. The smallest absolute Gasteiger partial charge is 0.343 e. The first-order valence-corrected chi connectivity index (χ1v) is 10.1. The molecule has 0 aromatic heterocycles. The molecule has 0 fully saturated rings. The number of amides is 1. The molecule has 0 radical (unpaired) electrons. The Labute approximate surface area is 198 Å². The number of carbonyl (C=O) groups is 2. The number of nitro benzene ring substituents is 1. The van der Waals surface area contributed by atoms with Gasteiger partial charge in [-0.1, -0.05) is 23.7 Å². The summed E-state index contributed by atoms with van der Waals surface area (Å²) < 4.78 is 15.8. The van der Waals surface area contributed by atoms with Crippen molar-refractivity contribution in [3.63, 3.8) is 0 Å². The maximum Gasteiger partial charge on any atom is 0.343 e. The van der Waals surface area contributed by atoms with Crippen molar-refractivity contribution < 1.29 is 28.7 Å². The molecule has 0 unspecified atom stereocenters. The SMILES string of the molecule is COc1cc(/C=N/NC(=O)COc2ccccc2[N+](=O)[O-])ccc1OC(=O)c1ccc(Cl)cc1. The van der Waals surface area contributed by atoms with Gasteiger partial charge in [0.15, 0.2) is 23.9 Å². The zero-order valence-electron chi connectivity index (χ0n) is 17.8. The average Bonchev–Trinajstić information content (AvgIpc) is 2.84. The number of benzene rings is 3. The fourth-order valence-electron chi connectivity index (χ4n) is 2.68. The molecule has 0 saturated carbocycles. The Kier molecular flexibility index (Phi) is 8.14. The van der Waals surface area contributed by atoms with Crippen LogP contribution in [0, 0.1) is 10.1 Å². The van der Waals surface area contributed by atoms with E-state index in [1.165, 1.54) is 37.6 Å². The highest BCUT2D eigenvalue weighted by Gasteiger charge is 2.15. The molecule has 174 valence electrons. The van der Waals surface area contributed by atoms with E-state index in [0.29, 0.717) is 16.1 Å². The Morgan fingerprint density at radius 1 is 1.06 bits per heavy atom. The number of ether oxygens (including phenoxy) is 3. The lowest BCUT2D eigenvalue weighted by molar-refractivity contribution is -0.385. The van der Waals surface area contributed by atoms with Gasteiger partial charge in [-0.05, 0) is 54.1 Å². The van der Waals surface area contributed by atoms with E-state index < -0.39 is 23.4 Å². The fourth-order valence-corrected chi connectivity index (χ4v) is 2.80. The second-order valence-corrected chi connectivity index (χ2v) is 7.05. The Bertz CT molecular complexity index is 1230. The Morgan fingerprint density at radius 2 is 1.79 bits per heavy atom. The minimum atomic E-state index is -0.616. The summed E-state index contributed by atoms with van der Waals surface area (Å²) in [4.78, 5) is 34.6. The third-order valence-corrected chi connectivity index (χ3v) is 4.55. The fraction of sp³-hybridized carbons (Fsp3) is 0.0870. The van der Waals surface area contributed by atoms with E-state index in [2.05, 4.69) is 10.5 Å². The van der Waals surface area contributed by atoms with Crippen LogP contribution < -0.4 is 19.6 Å². The number of nitro groups is 1. The van der Waals surface area contributed by atoms with Crippen LogP contribution in [0.4, 0.5) is 5.69 Å². The van der Waals surface area contributed by atoms with E-state index in [1.807, 2.05) is 0 Å². The molecule has 0 atom stereocenters. The molecular weight excluding hydrogens is 466 g/mol. The van der Waals surface area contributed by atoms with Gasteiger partial charge in [-0.3, -0.25) is 14.9 Å². The minimum absolute atomic E-state index is 0.0277. The van der Waals surface area contributed by atoms with E-state index in [-0.39, 0.29) is 22.9 Å². The molecule has 11 heteroatoms. The predicted octanol–water partition coefficient (Wildman–Crippen LogP) is 4.01. The summed E-state index contributed by atoms with van der Waals surface area (Å²) in [5.41, 5.74) is 2.88. The number of hydrogen-bond acceptors (Lipinski definition) is 8. The summed E-state index contributed by atoms with van der Waals surface area (Å²) in [5.74, 6) is -0.754. The van der Waals surface area contributed by atoms with Crippen LogP contribution in [0.15, 0.2) is 71.8 Å². The number of hydrogen-bond donors (Lipinski definition) is 1. The summed E-state index contributed by atoms with van der Waals surface area (Å²) in [7, 11) is 1.41. The third-order valence-electron chi connectivity index (χ3n) is 4.29. The first-order valence-electron chi connectivity index (χ1n) is 9.71. The quantitative estimate of drug-likeness (QED) is 0.160. The Balaban J connectivity index is 1.57. The molecule has 10 nitrogen and oxygen atoms in total. The van der Waals surface area contributed by atoms with Crippen LogP contribution in [-0.2, 0) is 4.79 Å². The van der Waals surface area contributed by atoms with Crippen molar-refractivity contribution in [1.82, 2.24) is 5.43 Å². The topological polar surface area (TPSA) is 129 Å². The average molecular weight is 484 g/mol. The molecule has 1 N–H and O–H groups in total. The van der Waals surface area contributed by atoms with Crippen molar-refractivity contribution in [2.45, 2.75) is 0 Å². The van der Waals surface area contributed by atoms with Crippen LogP contribution >= 0.6 is 11.6 Å². The van der Waals surface area contributed by atoms with Gasteiger partial charge < -0.3 is 14.2 Å². The molecule has 1 amide bonds. The normalized spacial score (nSPS) is 10.5. The molecule has 3 aromatic rings. The maximum absolute atomic E-state index is 12.3. The van der Waals surface area contributed by atoms with E-state index in [1.54, 1.807) is 42.5 Å². The van der Waals surface area contributed by atoms with Gasteiger partial charge >= 0.3 is 11.7 Å². The lowest BCUT2D eigenvalue weighted by Gasteiger charge is -2.10. The molecule has 0 saturated heterocycles. The number of nitrogens with one attached hydrogen (secondary N) is 1. The number of nitrogens with zero attached hydrogens (tertiary/aromatic N) is 2. The Morgan fingerprint density at radius 3 is 2.50 bits per heavy atom. The first kappa shape index (κ1) is 24.2. The standard InChI is InChI=1S/C23H18ClN3O7/c1-32-21-12-15(6-11-20(21)34-23(29)16-7-9-17(24)10-8-16)13-25-26-22(28)14-33-19-5-3-2-4-18(19)27(30)31/h2-13H,14H2,1H3,(H,26,28)/b25-13+. The number of methoxy groups -OCH3 is 1. The zero-order valence-corrected chi connectivity index (χ0v) is 18.5. The summed E-state index contributed by atoms with van der Waals surface area (Å²) >= 11 is 5.82. The zero-order chi connectivity index (χ0) is 24.5. The number of para-hydroxylation sites is 2. The lowest BCUT2D eigenvalue weighted by atomic mass is 10.2. The largest absolute Gasteiger partial charge is 0.493 e. The molecule has 3 aromatic carbocycles. The van der Waals surface area contributed by atoms with Gasteiger partial charge in [0.1, 0.15) is 0 Å². The van der Waals surface area contributed by atoms with Crippen molar-refractivity contribution in [1.29, 1.82) is 0 Å². The van der Waals surface area contributed by atoms with E-state index in [9.17, 15) is 19.7 Å². The second kappa shape index (κ2) is 11.4. The van der Waals surface area contributed by atoms with Crippen LogP contribution in [0.1, 0.15) is 15.9 Å². The molecule has 0 aliphatic carbocycles. The number of halogens is 1. The minimum Gasteiger partial charge on any atom is -0.493 e. The van der Waals surface area contributed by atoms with Crippen LogP contribution in [0.25, 0.3) is 0 Å². The number of carbonyl (C=O) groups excluding carboxylic acids is 2. The van der Waals surface area contributed by atoms with Crippen molar-refractivity contribution in [3.8, 4) is 17.2 Å². The van der Waals surface area contributed by atoms with Crippen molar-refractivity contribution >= 4 is 35.4 Å². The van der Waals surface area contributed by atoms with Gasteiger partial charge in [0.25, 0.3) is 5.91 Å². The predicted molar refractivity (Wildman–Crippen MR) is 124 cm³/mol. The summed E-state index contributed by atoms with van der Waals surface area (Å²) in [6, 6.07) is 16.6. The van der Waals surface area contributed by atoms with Crippen LogP contribution in [0.5, 0.6) is 17.2 Å². The molecule has 34 heavy (non-hydrogen) atoms. The van der Waals surface area contributed by atoms with Gasteiger partial charge in [-0.2, -0.15) is 5.10 Å². The molecule has 0 spiro atoms. The Hall–Kier alpha value is -4.44. The molecule has 0 bridgehead atoms.